The molecule has 0 amide bonds. The van der Waals surface area contributed by atoms with Crippen LogP contribution < -0.4 is 0 Å². The average molecular weight is 196 g/mol. The maximum Gasteiger partial charge on any atom is 0.303 e. The van der Waals surface area contributed by atoms with Crippen LogP contribution in [0, 0.1) is 5.92 Å². The first-order chi connectivity index (χ1) is 6.36. The molecule has 14 heavy (non-hydrogen) atoms. The molecule has 3 heteroatoms. The van der Waals surface area contributed by atoms with E-state index in [-0.39, 0.29) is 11.7 Å². The average Bonchev–Trinajstić information content (AvgIpc) is 1.99. The summed E-state index contributed by atoms with van der Waals surface area (Å²) in [6, 6.07) is 0. The molecule has 0 aromatic heterocycles. The van der Waals surface area contributed by atoms with Gasteiger partial charge in [0.05, 0.1) is 0 Å². The Bertz CT molecular complexity index is 304. The molecule has 0 unspecified atom stereocenters. The molecule has 0 spiro atoms. The highest BCUT2D eigenvalue weighted by atomic mass is 16.6. The molecule has 0 fully saturated rings. The van der Waals surface area contributed by atoms with Crippen molar-refractivity contribution in [3.05, 3.63) is 11.6 Å². The second kappa shape index (κ2) is 3.56. The van der Waals surface area contributed by atoms with E-state index in [9.17, 15) is 9.59 Å². The Morgan fingerprint density at radius 2 is 2.21 bits per heavy atom. The zero-order valence-corrected chi connectivity index (χ0v) is 9.09. The molecule has 0 aromatic carbocycles. The van der Waals surface area contributed by atoms with Gasteiger partial charge in [-0.1, -0.05) is 12.5 Å². The number of hydrogen-bond donors (Lipinski definition) is 0. The van der Waals surface area contributed by atoms with Gasteiger partial charge in [-0.3, -0.25) is 9.59 Å². The number of esters is 1. The van der Waals surface area contributed by atoms with Crippen molar-refractivity contribution in [2.45, 2.75) is 39.7 Å². The minimum Gasteiger partial charge on any atom is -0.451 e. The Morgan fingerprint density at radius 1 is 1.64 bits per heavy atom. The first kappa shape index (κ1) is 11.0. The lowest BCUT2D eigenvalue weighted by molar-refractivity contribution is -0.167. The standard InChI is InChI=1S/C11H16O3/c1-7-5-8(2)11(4,10(13)6-7)14-9(3)12/h6,8H,5H2,1-4H3/t8-,11-/m0/s1. The molecule has 0 aromatic rings. The van der Waals surface area contributed by atoms with Crippen molar-refractivity contribution in [3.63, 3.8) is 0 Å². The van der Waals surface area contributed by atoms with Gasteiger partial charge in [0.1, 0.15) is 0 Å². The normalized spacial score (nSPS) is 32.4. The number of carbonyl (C=O) groups excluding carboxylic acids is 2. The summed E-state index contributed by atoms with van der Waals surface area (Å²) in [6.45, 7) is 6.86. The van der Waals surface area contributed by atoms with Crippen molar-refractivity contribution >= 4 is 11.8 Å². The van der Waals surface area contributed by atoms with Crippen molar-refractivity contribution in [3.8, 4) is 0 Å². The van der Waals surface area contributed by atoms with E-state index in [2.05, 4.69) is 0 Å². The molecular weight excluding hydrogens is 180 g/mol. The molecule has 0 heterocycles. The highest BCUT2D eigenvalue weighted by Gasteiger charge is 2.43. The molecule has 0 saturated carbocycles. The summed E-state index contributed by atoms with van der Waals surface area (Å²) in [6.07, 6.45) is 2.37. The van der Waals surface area contributed by atoms with Crippen LogP contribution in [-0.2, 0) is 14.3 Å². The molecule has 0 saturated heterocycles. The lowest BCUT2D eigenvalue weighted by Crippen LogP contribution is -2.47. The first-order valence-electron chi connectivity index (χ1n) is 4.77. The Balaban J connectivity index is 2.97. The van der Waals surface area contributed by atoms with Gasteiger partial charge in [-0.15, -0.1) is 0 Å². The van der Waals surface area contributed by atoms with E-state index in [1.165, 1.54) is 6.92 Å². The van der Waals surface area contributed by atoms with Crippen LogP contribution in [0.2, 0.25) is 0 Å². The van der Waals surface area contributed by atoms with Crippen LogP contribution in [0.15, 0.2) is 11.6 Å². The molecule has 2 atom stereocenters. The minimum absolute atomic E-state index is 0.0453. The third kappa shape index (κ3) is 1.86. The largest absolute Gasteiger partial charge is 0.451 e. The Hall–Kier alpha value is -1.12. The molecule has 0 N–H and O–H groups in total. The number of hydrogen-bond acceptors (Lipinski definition) is 3. The summed E-state index contributed by atoms with van der Waals surface area (Å²) in [5.41, 5.74) is 0.0813. The maximum atomic E-state index is 11.7. The molecule has 1 aliphatic carbocycles. The van der Waals surface area contributed by atoms with Crippen molar-refractivity contribution in [1.82, 2.24) is 0 Å². The maximum absolute atomic E-state index is 11.7. The Labute approximate surface area is 84.1 Å². The van der Waals surface area contributed by atoms with Gasteiger partial charge >= 0.3 is 5.97 Å². The fraction of sp³-hybridized carbons (Fsp3) is 0.636. The predicted octanol–water partition coefficient (Wildman–Crippen LogP) is 1.86. The highest BCUT2D eigenvalue weighted by molar-refractivity contribution is 5.99. The van der Waals surface area contributed by atoms with E-state index in [0.717, 1.165) is 12.0 Å². The third-order valence-corrected chi connectivity index (χ3v) is 2.79. The van der Waals surface area contributed by atoms with E-state index in [4.69, 9.17) is 4.74 Å². The summed E-state index contributed by atoms with van der Waals surface area (Å²) < 4.78 is 5.12. The monoisotopic (exact) mass is 196 g/mol. The van der Waals surface area contributed by atoms with Crippen molar-refractivity contribution in [2.24, 2.45) is 5.92 Å². The van der Waals surface area contributed by atoms with Crippen molar-refractivity contribution < 1.29 is 14.3 Å². The van der Waals surface area contributed by atoms with E-state index in [0.29, 0.717) is 0 Å². The van der Waals surface area contributed by atoms with E-state index in [1.807, 2.05) is 13.8 Å². The number of ketones is 1. The highest BCUT2D eigenvalue weighted by Crippen LogP contribution is 2.33. The van der Waals surface area contributed by atoms with Crippen molar-refractivity contribution in [2.75, 3.05) is 0 Å². The number of carbonyl (C=O) groups is 2. The first-order valence-corrected chi connectivity index (χ1v) is 4.77. The second-order valence-corrected chi connectivity index (χ2v) is 4.16. The van der Waals surface area contributed by atoms with Crippen molar-refractivity contribution in [1.29, 1.82) is 0 Å². The van der Waals surface area contributed by atoms with Gasteiger partial charge in [-0.2, -0.15) is 0 Å². The number of ether oxygens (including phenoxy) is 1. The van der Waals surface area contributed by atoms with Crippen LogP contribution in [-0.4, -0.2) is 17.4 Å². The molecule has 0 bridgehead atoms. The molecule has 1 rings (SSSR count). The van der Waals surface area contributed by atoms with E-state index in [1.54, 1.807) is 13.0 Å². The second-order valence-electron chi connectivity index (χ2n) is 4.16. The minimum atomic E-state index is -0.967. The van der Waals surface area contributed by atoms with Gasteiger partial charge in [0, 0.05) is 12.8 Å². The molecular formula is C11H16O3. The van der Waals surface area contributed by atoms with Crippen LogP contribution in [0.5, 0.6) is 0 Å². The molecule has 78 valence electrons. The molecule has 3 nitrogen and oxygen atoms in total. The van der Waals surface area contributed by atoms with Gasteiger partial charge in [0.25, 0.3) is 0 Å². The van der Waals surface area contributed by atoms with Crippen LogP contribution >= 0.6 is 0 Å². The predicted molar refractivity (Wildman–Crippen MR) is 52.7 cm³/mol. The lowest BCUT2D eigenvalue weighted by Gasteiger charge is -2.35. The summed E-state index contributed by atoms with van der Waals surface area (Å²) in [5, 5.41) is 0. The van der Waals surface area contributed by atoms with Gasteiger partial charge in [0.2, 0.25) is 0 Å². The molecule has 0 aliphatic heterocycles. The summed E-state index contributed by atoms with van der Waals surface area (Å²) in [5.74, 6) is -0.464. The SMILES string of the molecule is CC(=O)O[C@]1(C)C(=O)C=C(C)C[C@@H]1C. The van der Waals surface area contributed by atoms with Crippen LogP contribution in [0.25, 0.3) is 0 Å². The summed E-state index contributed by atoms with van der Waals surface area (Å²) in [7, 11) is 0. The van der Waals surface area contributed by atoms with Gasteiger partial charge in [-0.25, -0.2) is 0 Å². The fourth-order valence-electron chi connectivity index (χ4n) is 1.80. The number of allylic oxidation sites excluding steroid dienone is 1. The Kier molecular flexibility index (Phi) is 2.79. The number of rotatable bonds is 1. The smallest absolute Gasteiger partial charge is 0.303 e. The molecule has 0 radical (unpaired) electrons. The topological polar surface area (TPSA) is 43.4 Å². The van der Waals surface area contributed by atoms with E-state index < -0.39 is 11.6 Å². The Morgan fingerprint density at radius 3 is 2.64 bits per heavy atom. The van der Waals surface area contributed by atoms with Gasteiger partial charge in [-0.05, 0) is 26.3 Å². The zero-order valence-electron chi connectivity index (χ0n) is 9.09. The van der Waals surface area contributed by atoms with Crippen LogP contribution in [0.4, 0.5) is 0 Å². The van der Waals surface area contributed by atoms with Gasteiger partial charge < -0.3 is 4.74 Å². The summed E-state index contributed by atoms with van der Waals surface area (Å²) >= 11 is 0. The van der Waals surface area contributed by atoms with Crippen LogP contribution in [0.3, 0.4) is 0 Å². The zero-order chi connectivity index (χ0) is 10.9. The van der Waals surface area contributed by atoms with Crippen LogP contribution in [0.1, 0.15) is 34.1 Å². The van der Waals surface area contributed by atoms with E-state index >= 15 is 0 Å². The quantitative estimate of drug-likeness (QED) is 0.601. The summed E-state index contributed by atoms with van der Waals surface area (Å²) in [4.78, 5) is 22.6. The molecule has 1 aliphatic rings. The fourth-order valence-corrected chi connectivity index (χ4v) is 1.80. The third-order valence-electron chi connectivity index (χ3n) is 2.79. The lowest BCUT2D eigenvalue weighted by atomic mass is 9.77. The van der Waals surface area contributed by atoms with Gasteiger partial charge in [0.15, 0.2) is 11.4 Å².